The van der Waals surface area contributed by atoms with Gasteiger partial charge >= 0.3 is 5.97 Å². The van der Waals surface area contributed by atoms with Crippen LogP contribution in [0.25, 0.3) is 0 Å². The van der Waals surface area contributed by atoms with Gasteiger partial charge in [0.2, 0.25) is 0 Å². The zero-order valence-corrected chi connectivity index (χ0v) is 8.53. The number of rotatable bonds is 3. The molecule has 0 saturated carbocycles. The van der Waals surface area contributed by atoms with Crippen LogP contribution in [0.1, 0.15) is 11.5 Å². The molecule has 1 atom stereocenters. The number of hydrogen-bond acceptors (Lipinski definition) is 4. The second-order valence-electron chi connectivity index (χ2n) is 2.70. The third-order valence-electron chi connectivity index (χ3n) is 1.86. The van der Waals surface area contributed by atoms with Crippen LogP contribution in [0.15, 0.2) is 29.2 Å². The van der Waals surface area contributed by atoms with Crippen LogP contribution in [0.2, 0.25) is 0 Å². The standard InChI is InChI=1S/C10H10O3S/c1-13-10(12)8(6-11)7-4-2-3-5-9(7)14/h2-6,8,14H,1H3. The Labute approximate surface area is 87.5 Å². The van der Waals surface area contributed by atoms with E-state index in [0.29, 0.717) is 16.7 Å². The minimum atomic E-state index is -0.881. The summed E-state index contributed by atoms with van der Waals surface area (Å²) in [6.45, 7) is 0. The number of hydrogen-bond donors (Lipinski definition) is 1. The van der Waals surface area contributed by atoms with E-state index in [-0.39, 0.29) is 0 Å². The van der Waals surface area contributed by atoms with Gasteiger partial charge in [0.25, 0.3) is 0 Å². The number of aldehydes is 1. The van der Waals surface area contributed by atoms with Crippen LogP contribution >= 0.6 is 12.6 Å². The van der Waals surface area contributed by atoms with E-state index in [1.54, 1.807) is 24.3 Å². The Morgan fingerprint density at radius 1 is 1.50 bits per heavy atom. The number of thiol groups is 1. The largest absolute Gasteiger partial charge is 0.468 e. The molecular formula is C10H10O3S. The van der Waals surface area contributed by atoms with Gasteiger partial charge in [0.15, 0.2) is 0 Å². The van der Waals surface area contributed by atoms with Crippen molar-refractivity contribution in [3.63, 3.8) is 0 Å². The van der Waals surface area contributed by atoms with Crippen molar-refractivity contribution < 1.29 is 14.3 Å². The number of ether oxygens (including phenoxy) is 1. The van der Waals surface area contributed by atoms with Crippen molar-refractivity contribution >= 4 is 24.9 Å². The minimum Gasteiger partial charge on any atom is -0.468 e. The average Bonchev–Trinajstić information content (AvgIpc) is 2.21. The number of methoxy groups -OCH3 is 1. The van der Waals surface area contributed by atoms with Crippen molar-refractivity contribution in [2.75, 3.05) is 7.11 Å². The van der Waals surface area contributed by atoms with E-state index in [0.717, 1.165) is 0 Å². The fourth-order valence-electron chi connectivity index (χ4n) is 1.13. The van der Waals surface area contributed by atoms with Gasteiger partial charge < -0.3 is 9.53 Å². The van der Waals surface area contributed by atoms with Gasteiger partial charge in [-0.25, -0.2) is 0 Å². The molecule has 0 bridgehead atoms. The lowest BCUT2D eigenvalue weighted by Gasteiger charge is -2.09. The van der Waals surface area contributed by atoms with E-state index in [1.165, 1.54) is 7.11 Å². The molecule has 0 spiro atoms. The molecule has 0 amide bonds. The van der Waals surface area contributed by atoms with Gasteiger partial charge in [-0.3, -0.25) is 4.79 Å². The highest BCUT2D eigenvalue weighted by Crippen LogP contribution is 2.22. The first-order valence-electron chi connectivity index (χ1n) is 4.01. The average molecular weight is 210 g/mol. The van der Waals surface area contributed by atoms with E-state index in [9.17, 15) is 9.59 Å². The maximum atomic E-state index is 11.2. The van der Waals surface area contributed by atoms with Gasteiger partial charge in [0.1, 0.15) is 12.2 Å². The Balaban J connectivity index is 3.07. The topological polar surface area (TPSA) is 43.4 Å². The Morgan fingerprint density at radius 2 is 2.14 bits per heavy atom. The highest BCUT2D eigenvalue weighted by atomic mass is 32.1. The third-order valence-corrected chi connectivity index (χ3v) is 2.27. The van der Waals surface area contributed by atoms with Crippen molar-refractivity contribution in [1.29, 1.82) is 0 Å². The summed E-state index contributed by atoms with van der Waals surface area (Å²) in [6.07, 6.45) is 0.556. The summed E-state index contributed by atoms with van der Waals surface area (Å²) in [4.78, 5) is 22.5. The zero-order valence-electron chi connectivity index (χ0n) is 7.64. The summed E-state index contributed by atoms with van der Waals surface area (Å²) in [5, 5.41) is 0. The summed E-state index contributed by atoms with van der Waals surface area (Å²) in [5.74, 6) is -1.45. The van der Waals surface area contributed by atoms with Crippen molar-refractivity contribution in [2.45, 2.75) is 10.8 Å². The van der Waals surface area contributed by atoms with E-state index in [4.69, 9.17) is 0 Å². The highest BCUT2D eigenvalue weighted by Gasteiger charge is 2.21. The number of carbonyl (C=O) groups is 2. The number of esters is 1. The molecule has 0 radical (unpaired) electrons. The van der Waals surface area contributed by atoms with Gasteiger partial charge in [-0.2, -0.15) is 0 Å². The van der Waals surface area contributed by atoms with Crippen molar-refractivity contribution in [1.82, 2.24) is 0 Å². The van der Waals surface area contributed by atoms with Gasteiger partial charge in [0.05, 0.1) is 7.11 Å². The first-order chi connectivity index (χ1) is 6.70. The van der Waals surface area contributed by atoms with E-state index < -0.39 is 11.9 Å². The molecule has 0 heterocycles. The normalized spacial score (nSPS) is 11.9. The Kier molecular flexibility index (Phi) is 3.71. The maximum absolute atomic E-state index is 11.2. The van der Waals surface area contributed by atoms with E-state index >= 15 is 0 Å². The Morgan fingerprint density at radius 3 is 2.64 bits per heavy atom. The lowest BCUT2D eigenvalue weighted by molar-refractivity contribution is -0.143. The number of carbonyl (C=O) groups excluding carboxylic acids is 2. The minimum absolute atomic E-state index is 0.556. The highest BCUT2D eigenvalue weighted by molar-refractivity contribution is 7.80. The predicted molar refractivity (Wildman–Crippen MR) is 54.5 cm³/mol. The predicted octanol–water partition coefficient (Wildman–Crippen LogP) is 1.43. The fourth-order valence-corrected chi connectivity index (χ4v) is 1.43. The summed E-state index contributed by atoms with van der Waals surface area (Å²) in [5.41, 5.74) is 0.567. The Bertz CT molecular complexity index is 349. The molecule has 0 aliphatic heterocycles. The van der Waals surface area contributed by atoms with Gasteiger partial charge in [-0.15, -0.1) is 12.6 Å². The monoisotopic (exact) mass is 210 g/mol. The lowest BCUT2D eigenvalue weighted by atomic mass is 10.0. The molecule has 14 heavy (non-hydrogen) atoms. The molecular weight excluding hydrogens is 200 g/mol. The second-order valence-corrected chi connectivity index (χ2v) is 3.18. The molecule has 1 aromatic rings. The lowest BCUT2D eigenvalue weighted by Crippen LogP contribution is -2.15. The Hall–Kier alpha value is -1.29. The molecule has 0 aromatic heterocycles. The first-order valence-corrected chi connectivity index (χ1v) is 4.46. The van der Waals surface area contributed by atoms with Crippen LogP contribution in [0.5, 0.6) is 0 Å². The fraction of sp³-hybridized carbons (Fsp3) is 0.200. The molecule has 0 aliphatic carbocycles. The molecule has 74 valence electrons. The third kappa shape index (κ3) is 2.14. The van der Waals surface area contributed by atoms with Crippen LogP contribution in [-0.4, -0.2) is 19.4 Å². The van der Waals surface area contributed by atoms with Crippen molar-refractivity contribution in [3.05, 3.63) is 29.8 Å². The van der Waals surface area contributed by atoms with Gasteiger partial charge in [-0.05, 0) is 11.6 Å². The van der Waals surface area contributed by atoms with Crippen LogP contribution in [0.3, 0.4) is 0 Å². The van der Waals surface area contributed by atoms with Gasteiger partial charge in [0, 0.05) is 4.90 Å². The quantitative estimate of drug-likeness (QED) is 0.355. The summed E-state index contributed by atoms with van der Waals surface area (Å²) >= 11 is 4.16. The molecule has 1 rings (SSSR count). The van der Waals surface area contributed by atoms with Crippen molar-refractivity contribution in [3.8, 4) is 0 Å². The number of benzene rings is 1. The molecule has 0 aliphatic rings. The smallest absolute Gasteiger partial charge is 0.320 e. The second kappa shape index (κ2) is 4.81. The molecule has 1 unspecified atom stereocenters. The molecule has 3 nitrogen and oxygen atoms in total. The van der Waals surface area contributed by atoms with Crippen LogP contribution < -0.4 is 0 Å². The van der Waals surface area contributed by atoms with Crippen LogP contribution in [0, 0.1) is 0 Å². The zero-order chi connectivity index (χ0) is 10.6. The molecule has 0 N–H and O–H groups in total. The maximum Gasteiger partial charge on any atom is 0.320 e. The summed E-state index contributed by atoms with van der Waals surface area (Å²) < 4.78 is 4.51. The van der Waals surface area contributed by atoms with Crippen LogP contribution in [0.4, 0.5) is 0 Å². The summed E-state index contributed by atoms with van der Waals surface area (Å²) in [6, 6.07) is 6.93. The van der Waals surface area contributed by atoms with E-state index in [2.05, 4.69) is 17.4 Å². The first kappa shape index (κ1) is 10.8. The summed E-state index contributed by atoms with van der Waals surface area (Å²) in [7, 11) is 1.25. The molecule has 0 saturated heterocycles. The van der Waals surface area contributed by atoms with Gasteiger partial charge in [-0.1, -0.05) is 18.2 Å². The van der Waals surface area contributed by atoms with E-state index in [1.807, 2.05) is 0 Å². The van der Waals surface area contributed by atoms with Crippen LogP contribution in [-0.2, 0) is 14.3 Å². The van der Waals surface area contributed by atoms with Crippen molar-refractivity contribution in [2.24, 2.45) is 0 Å². The SMILES string of the molecule is COC(=O)C(C=O)c1ccccc1S. The molecule has 1 aromatic carbocycles. The molecule has 4 heteroatoms. The molecule has 0 fully saturated rings.